The van der Waals surface area contributed by atoms with Gasteiger partial charge in [0.15, 0.2) is 11.5 Å². The van der Waals surface area contributed by atoms with E-state index in [-0.39, 0.29) is 12.7 Å². The molecule has 5 nitrogen and oxygen atoms in total. The molecule has 0 unspecified atom stereocenters. The van der Waals surface area contributed by atoms with Crippen molar-refractivity contribution in [1.82, 2.24) is 0 Å². The Hall–Kier alpha value is -2.69. The molecule has 108 valence electrons. The number of hydrogen-bond donors (Lipinski definition) is 2. The minimum Gasteiger partial charge on any atom is -0.454 e. The number of rotatable bonds is 4. The van der Waals surface area contributed by atoms with Crippen molar-refractivity contribution >= 4 is 17.3 Å². The van der Waals surface area contributed by atoms with Crippen LogP contribution in [0.15, 0.2) is 42.5 Å². The zero-order valence-corrected chi connectivity index (χ0v) is 11.7. The van der Waals surface area contributed by atoms with E-state index in [4.69, 9.17) is 9.47 Å². The van der Waals surface area contributed by atoms with Crippen LogP contribution in [-0.4, -0.2) is 12.7 Å². The number of anilines is 2. The second-order valence-electron chi connectivity index (χ2n) is 4.77. The number of para-hydroxylation sites is 1. The molecular formula is C16H16N2O3. The van der Waals surface area contributed by atoms with Gasteiger partial charge in [0.1, 0.15) is 0 Å². The van der Waals surface area contributed by atoms with Crippen LogP contribution in [0.4, 0.5) is 11.4 Å². The predicted octanol–water partition coefficient (Wildman–Crippen LogP) is 2.99. The molecule has 2 aromatic carbocycles. The third-order valence-corrected chi connectivity index (χ3v) is 3.14. The fourth-order valence-electron chi connectivity index (χ4n) is 2.24. The summed E-state index contributed by atoms with van der Waals surface area (Å²) in [5.41, 5.74) is 2.73. The summed E-state index contributed by atoms with van der Waals surface area (Å²) in [6.07, 6.45) is 0. The molecule has 0 aliphatic carbocycles. The molecule has 1 amide bonds. The fraction of sp³-hybridized carbons (Fsp3) is 0.188. The number of fused-ring (bicyclic) bond motifs is 1. The van der Waals surface area contributed by atoms with Gasteiger partial charge in [0.2, 0.25) is 12.7 Å². The van der Waals surface area contributed by atoms with Crippen LogP contribution in [0.25, 0.3) is 0 Å². The molecule has 2 N–H and O–H groups in total. The van der Waals surface area contributed by atoms with Gasteiger partial charge in [0, 0.05) is 30.4 Å². The molecule has 2 aromatic rings. The van der Waals surface area contributed by atoms with E-state index in [9.17, 15) is 4.79 Å². The van der Waals surface area contributed by atoms with Crippen LogP contribution in [0.2, 0.25) is 0 Å². The highest BCUT2D eigenvalue weighted by molar-refractivity contribution is 5.89. The average Bonchev–Trinajstić information content (AvgIpc) is 2.93. The highest BCUT2D eigenvalue weighted by Gasteiger charge is 2.16. The zero-order valence-electron chi connectivity index (χ0n) is 11.7. The first-order valence-corrected chi connectivity index (χ1v) is 6.71. The van der Waals surface area contributed by atoms with Gasteiger partial charge in [0.25, 0.3) is 0 Å². The molecule has 0 bridgehead atoms. The lowest BCUT2D eigenvalue weighted by molar-refractivity contribution is -0.114. The van der Waals surface area contributed by atoms with E-state index in [2.05, 4.69) is 10.6 Å². The summed E-state index contributed by atoms with van der Waals surface area (Å²) in [6, 6.07) is 13.4. The maximum Gasteiger partial charge on any atom is 0.231 e. The molecule has 0 saturated carbocycles. The Balaban J connectivity index is 1.71. The van der Waals surface area contributed by atoms with E-state index in [0.29, 0.717) is 6.54 Å². The van der Waals surface area contributed by atoms with E-state index in [1.807, 2.05) is 42.5 Å². The number of nitrogens with one attached hydrogen (secondary N) is 2. The van der Waals surface area contributed by atoms with Crippen molar-refractivity contribution in [3.05, 3.63) is 48.0 Å². The van der Waals surface area contributed by atoms with Crippen molar-refractivity contribution in [3.63, 3.8) is 0 Å². The highest BCUT2D eigenvalue weighted by Crippen LogP contribution is 2.35. The Morgan fingerprint density at radius 2 is 1.95 bits per heavy atom. The Kier molecular flexibility index (Phi) is 3.64. The first-order valence-electron chi connectivity index (χ1n) is 6.71. The quantitative estimate of drug-likeness (QED) is 0.906. The van der Waals surface area contributed by atoms with Crippen LogP contribution >= 0.6 is 0 Å². The largest absolute Gasteiger partial charge is 0.454 e. The van der Waals surface area contributed by atoms with Crippen molar-refractivity contribution in [2.45, 2.75) is 13.5 Å². The van der Waals surface area contributed by atoms with Gasteiger partial charge < -0.3 is 20.1 Å². The number of amides is 1. The zero-order chi connectivity index (χ0) is 14.7. The van der Waals surface area contributed by atoms with Gasteiger partial charge in [-0.3, -0.25) is 4.79 Å². The summed E-state index contributed by atoms with van der Waals surface area (Å²) in [7, 11) is 0. The van der Waals surface area contributed by atoms with E-state index in [1.165, 1.54) is 6.92 Å². The Morgan fingerprint density at radius 3 is 2.81 bits per heavy atom. The fourth-order valence-corrected chi connectivity index (χ4v) is 2.24. The standard InChI is InChI=1S/C16H16N2O3/c1-11(19)18-14-6-3-5-13(8-14)17-9-12-4-2-7-15-16(12)21-10-20-15/h2-8,17H,9-10H2,1H3,(H,18,19). The first kappa shape index (κ1) is 13.3. The first-order chi connectivity index (χ1) is 10.2. The van der Waals surface area contributed by atoms with Gasteiger partial charge in [-0.1, -0.05) is 18.2 Å². The summed E-state index contributed by atoms with van der Waals surface area (Å²) in [5, 5.41) is 6.08. The molecule has 1 aliphatic rings. The molecule has 0 radical (unpaired) electrons. The predicted molar refractivity (Wildman–Crippen MR) is 80.6 cm³/mol. The molecule has 1 aliphatic heterocycles. The molecule has 0 spiro atoms. The number of benzene rings is 2. The normalized spacial score (nSPS) is 12.0. The molecule has 5 heteroatoms. The third-order valence-electron chi connectivity index (χ3n) is 3.14. The number of hydrogen-bond acceptors (Lipinski definition) is 4. The van der Waals surface area contributed by atoms with Crippen molar-refractivity contribution in [2.24, 2.45) is 0 Å². The Labute approximate surface area is 122 Å². The van der Waals surface area contributed by atoms with E-state index in [1.54, 1.807) is 0 Å². The second kappa shape index (κ2) is 5.75. The van der Waals surface area contributed by atoms with Crippen molar-refractivity contribution in [3.8, 4) is 11.5 Å². The lowest BCUT2D eigenvalue weighted by Crippen LogP contribution is -2.06. The minimum absolute atomic E-state index is 0.0847. The maximum atomic E-state index is 11.1. The van der Waals surface area contributed by atoms with Gasteiger partial charge in [-0.05, 0) is 24.3 Å². The number of carbonyl (C=O) groups is 1. The lowest BCUT2D eigenvalue weighted by Gasteiger charge is -2.10. The van der Waals surface area contributed by atoms with Gasteiger partial charge >= 0.3 is 0 Å². The monoisotopic (exact) mass is 284 g/mol. The van der Waals surface area contributed by atoms with Gasteiger partial charge in [0.05, 0.1) is 0 Å². The van der Waals surface area contributed by atoms with E-state index < -0.39 is 0 Å². The molecule has 0 saturated heterocycles. The topological polar surface area (TPSA) is 59.6 Å². The number of ether oxygens (including phenoxy) is 2. The van der Waals surface area contributed by atoms with E-state index >= 15 is 0 Å². The van der Waals surface area contributed by atoms with Gasteiger partial charge in [-0.15, -0.1) is 0 Å². The Morgan fingerprint density at radius 1 is 1.14 bits per heavy atom. The summed E-state index contributed by atoms with van der Waals surface area (Å²) in [5.74, 6) is 1.49. The summed E-state index contributed by atoms with van der Waals surface area (Å²) in [6.45, 7) is 2.38. The summed E-state index contributed by atoms with van der Waals surface area (Å²) in [4.78, 5) is 11.1. The molecule has 0 fully saturated rings. The SMILES string of the molecule is CC(=O)Nc1cccc(NCc2cccc3c2OCO3)c1. The maximum absolute atomic E-state index is 11.1. The van der Waals surface area contributed by atoms with Crippen LogP contribution in [0.1, 0.15) is 12.5 Å². The number of carbonyl (C=O) groups excluding carboxylic acids is 1. The van der Waals surface area contributed by atoms with Crippen LogP contribution in [0.3, 0.4) is 0 Å². The smallest absolute Gasteiger partial charge is 0.231 e. The van der Waals surface area contributed by atoms with Crippen LogP contribution in [0, 0.1) is 0 Å². The molecular weight excluding hydrogens is 268 g/mol. The van der Waals surface area contributed by atoms with Crippen LogP contribution < -0.4 is 20.1 Å². The van der Waals surface area contributed by atoms with Crippen molar-refractivity contribution in [1.29, 1.82) is 0 Å². The van der Waals surface area contributed by atoms with Gasteiger partial charge in [-0.25, -0.2) is 0 Å². The van der Waals surface area contributed by atoms with E-state index in [0.717, 1.165) is 28.4 Å². The molecule has 0 aromatic heterocycles. The second-order valence-corrected chi connectivity index (χ2v) is 4.77. The van der Waals surface area contributed by atoms with Crippen LogP contribution in [0.5, 0.6) is 11.5 Å². The van der Waals surface area contributed by atoms with Gasteiger partial charge in [-0.2, -0.15) is 0 Å². The molecule has 3 rings (SSSR count). The van der Waals surface area contributed by atoms with Crippen molar-refractivity contribution < 1.29 is 14.3 Å². The Bertz CT molecular complexity index is 670. The van der Waals surface area contributed by atoms with Crippen molar-refractivity contribution in [2.75, 3.05) is 17.4 Å². The minimum atomic E-state index is -0.0847. The molecule has 0 atom stereocenters. The highest BCUT2D eigenvalue weighted by atomic mass is 16.7. The average molecular weight is 284 g/mol. The molecule has 1 heterocycles. The molecule has 21 heavy (non-hydrogen) atoms. The van der Waals surface area contributed by atoms with Crippen LogP contribution in [-0.2, 0) is 11.3 Å². The third kappa shape index (κ3) is 3.08. The summed E-state index contributed by atoms with van der Waals surface area (Å²) >= 11 is 0. The lowest BCUT2D eigenvalue weighted by atomic mass is 10.2. The summed E-state index contributed by atoms with van der Waals surface area (Å²) < 4.78 is 10.8.